The largest absolute Gasteiger partial charge is 0.467 e. The van der Waals surface area contributed by atoms with Crippen LogP contribution in [0.3, 0.4) is 0 Å². The van der Waals surface area contributed by atoms with E-state index in [-0.39, 0.29) is 4.90 Å². The van der Waals surface area contributed by atoms with E-state index in [4.69, 9.17) is 4.74 Å². The lowest BCUT2D eigenvalue weighted by atomic mass is 9.84. The number of carbonyl (C=O) groups excluding carboxylic acids is 1. The van der Waals surface area contributed by atoms with Crippen molar-refractivity contribution in [3.8, 4) is 0 Å². The maximum atomic E-state index is 12.7. The highest BCUT2D eigenvalue weighted by atomic mass is 32.2. The maximum Gasteiger partial charge on any atom is 0.328 e. The predicted octanol–water partition coefficient (Wildman–Crippen LogP) is 3.25. The van der Waals surface area contributed by atoms with Gasteiger partial charge in [-0.3, -0.25) is 4.79 Å². The van der Waals surface area contributed by atoms with Crippen LogP contribution >= 0.6 is 0 Å². The summed E-state index contributed by atoms with van der Waals surface area (Å²) in [5.41, 5.74) is -0.458. The van der Waals surface area contributed by atoms with E-state index in [2.05, 4.69) is 0 Å². The summed E-state index contributed by atoms with van der Waals surface area (Å²) >= 11 is 0. The van der Waals surface area contributed by atoms with E-state index in [1.54, 1.807) is 0 Å². The average Bonchev–Trinajstić information content (AvgIpc) is 3.22. The summed E-state index contributed by atoms with van der Waals surface area (Å²) in [6, 6.07) is 1.94. The molecule has 7 heteroatoms. The minimum Gasteiger partial charge on any atom is -0.467 e. The lowest BCUT2D eigenvalue weighted by Crippen LogP contribution is -2.32. The molecular formula is C20H29NO5S. The fourth-order valence-corrected chi connectivity index (χ4v) is 6.35. The minimum atomic E-state index is -3.49. The Morgan fingerprint density at radius 1 is 1.15 bits per heavy atom. The Hall–Kier alpha value is -1.63. The molecule has 0 aliphatic heterocycles. The van der Waals surface area contributed by atoms with Crippen LogP contribution in [0.15, 0.2) is 28.0 Å². The molecule has 6 nitrogen and oxygen atoms in total. The number of hydrogen-bond acceptors (Lipinski definition) is 5. The zero-order valence-corrected chi connectivity index (χ0v) is 16.7. The Bertz CT molecular complexity index is 817. The van der Waals surface area contributed by atoms with E-state index in [0.29, 0.717) is 25.2 Å². The first-order chi connectivity index (χ1) is 12.9. The summed E-state index contributed by atoms with van der Waals surface area (Å²) in [5, 5.41) is -0.397. The van der Waals surface area contributed by atoms with Gasteiger partial charge in [0.1, 0.15) is 6.04 Å². The SMILES string of the molecule is COC(=O)C(CC1CCCCC1)n1ccc(S(=O)(=O)C2CCCC2)cc1=O. The highest BCUT2D eigenvalue weighted by Gasteiger charge is 2.32. The fraction of sp³-hybridized carbons (Fsp3) is 0.700. The molecule has 0 N–H and O–H groups in total. The average molecular weight is 396 g/mol. The van der Waals surface area contributed by atoms with Gasteiger partial charge >= 0.3 is 5.97 Å². The number of methoxy groups -OCH3 is 1. The minimum absolute atomic E-state index is 0.0666. The van der Waals surface area contributed by atoms with Crippen molar-refractivity contribution in [3.05, 3.63) is 28.7 Å². The van der Waals surface area contributed by atoms with Crippen molar-refractivity contribution >= 4 is 15.8 Å². The van der Waals surface area contributed by atoms with Gasteiger partial charge in [-0.15, -0.1) is 0 Å². The number of rotatable bonds is 6. The van der Waals surface area contributed by atoms with Crippen LogP contribution in [0.25, 0.3) is 0 Å². The van der Waals surface area contributed by atoms with E-state index in [9.17, 15) is 18.0 Å². The highest BCUT2D eigenvalue weighted by molar-refractivity contribution is 7.92. The van der Waals surface area contributed by atoms with Crippen molar-refractivity contribution in [1.29, 1.82) is 0 Å². The summed E-state index contributed by atoms with van der Waals surface area (Å²) in [4.78, 5) is 25.1. The van der Waals surface area contributed by atoms with E-state index < -0.39 is 32.7 Å². The van der Waals surface area contributed by atoms with Crippen molar-refractivity contribution in [3.63, 3.8) is 0 Å². The quantitative estimate of drug-likeness (QED) is 0.691. The number of sulfone groups is 1. The van der Waals surface area contributed by atoms with Crippen LogP contribution in [0.5, 0.6) is 0 Å². The molecule has 27 heavy (non-hydrogen) atoms. The molecular weight excluding hydrogens is 366 g/mol. The normalized spacial score (nSPS) is 20.5. The molecule has 1 aromatic heterocycles. The molecule has 3 rings (SSSR count). The van der Waals surface area contributed by atoms with E-state index in [1.807, 2.05) is 0 Å². The van der Waals surface area contributed by atoms with Crippen molar-refractivity contribution in [2.45, 2.75) is 80.4 Å². The molecule has 0 radical (unpaired) electrons. The van der Waals surface area contributed by atoms with Crippen LogP contribution in [0.2, 0.25) is 0 Å². The van der Waals surface area contributed by atoms with Crippen LogP contribution in [0.4, 0.5) is 0 Å². The van der Waals surface area contributed by atoms with Crippen LogP contribution in [-0.4, -0.2) is 31.3 Å². The molecule has 2 fully saturated rings. The van der Waals surface area contributed by atoms with Crippen molar-refractivity contribution in [2.75, 3.05) is 7.11 Å². The number of carbonyl (C=O) groups is 1. The van der Waals surface area contributed by atoms with Gasteiger partial charge in [-0.1, -0.05) is 44.9 Å². The summed E-state index contributed by atoms with van der Waals surface area (Å²) in [7, 11) is -2.17. The Morgan fingerprint density at radius 3 is 2.37 bits per heavy atom. The number of ether oxygens (including phenoxy) is 1. The van der Waals surface area contributed by atoms with Crippen molar-refractivity contribution in [1.82, 2.24) is 4.57 Å². The monoisotopic (exact) mass is 395 g/mol. The van der Waals surface area contributed by atoms with Gasteiger partial charge < -0.3 is 9.30 Å². The summed E-state index contributed by atoms with van der Waals surface area (Å²) in [5.74, 6) is -0.0641. The molecule has 0 amide bonds. The van der Waals surface area contributed by atoms with Gasteiger partial charge in [-0.05, 0) is 31.2 Å². The molecule has 1 unspecified atom stereocenters. The zero-order chi connectivity index (χ0) is 19.4. The van der Waals surface area contributed by atoms with Gasteiger partial charge in [-0.2, -0.15) is 0 Å². The highest BCUT2D eigenvalue weighted by Crippen LogP contribution is 2.32. The van der Waals surface area contributed by atoms with Crippen LogP contribution < -0.4 is 5.56 Å². The number of nitrogens with zero attached hydrogens (tertiary/aromatic N) is 1. The van der Waals surface area contributed by atoms with Gasteiger partial charge in [0, 0.05) is 12.3 Å². The molecule has 2 aliphatic carbocycles. The predicted molar refractivity (Wildman–Crippen MR) is 102 cm³/mol. The second-order valence-corrected chi connectivity index (χ2v) is 10.1. The summed E-state index contributed by atoms with van der Waals surface area (Å²) in [6.45, 7) is 0. The van der Waals surface area contributed by atoms with Gasteiger partial charge in [0.2, 0.25) is 0 Å². The standard InChI is InChI=1S/C20H29NO5S/c1-26-20(23)18(13-15-7-3-2-4-8-15)21-12-11-17(14-19(21)22)27(24,25)16-9-5-6-10-16/h11-12,14-16,18H,2-10,13H2,1H3. The zero-order valence-electron chi connectivity index (χ0n) is 15.9. The lowest BCUT2D eigenvalue weighted by Gasteiger charge is -2.26. The molecule has 2 aliphatic rings. The fourth-order valence-electron chi connectivity index (χ4n) is 4.50. The molecule has 0 saturated heterocycles. The Morgan fingerprint density at radius 2 is 1.78 bits per heavy atom. The number of aromatic nitrogens is 1. The molecule has 150 valence electrons. The van der Waals surface area contributed by atoms with Crippen LogP contribution in [-0.2, 0) is 19.4 Å². The summed E-state index contributed by atoms with van der Waals surface area (Å²) < 4.78 is 31.7. The Labute approximate surface area is 160 Å². The van der Waals surface area contributed by atoms with Crippen LogP contribution in [0.1, 0.15) is 70.3 Å². The van der Waals surface area contributed by atoms with Gasteiger partial charge in [0.25, 0.3) is 5.56 Å². The van der Waals surface area contributed by atoms with Gasteiger partial charge in [0.05, 0.1) is 17.3 Å². The molecule has 0 spiro atoms. The number of esters is 1. The first kappa shape index (κ1) is 20.1. The molecule has 1 heterocycles. The molecule has 1 aromatic rings. The second kappa shape index (κ2) is 8.59. The molecule has 0 bridgehead atoms. The summed E-state index contributed by atoms with van der Waals surface area (Å²) in [6.07, 6.45) is 10.7. The van der Waals surface area contributed by atoms with Gasteiger partial charge in [-0.25, -0.2) is 13.2 Å². The first-order valence-electron chi connectivity index (χ1n) is 9.97. The number of pyridine rings is 1. The first-order valence-corrected chi connectivity index (χ1v) is 11.5. The maximum absolute atomic E-state index is 12.7. The van der Waals surface area contributed by atoms with Gasteiger partial charge in [0.15, 0.2) is 9.84 Å². The third-order valence-corrected chi connectivity index (χ3v) is 8.34. The van der Waals surface area contributed by atoms with Crippen molar-refractivity contribution < 1.29 is 17.9 Å². The Balaban J connectivity index is 1.87. The Kier molecular flexibility index (Phi) is 6.40. The third kappa shape index (κ3) is 4.45. The molecule has 1 atom stereocenters. The van der Waals surface area contributed by atoms with Crippen molar-refractivity contribution in [2.24, 2.45) is 5.92 Å². The van der Waals surface area contributed by atoms with E-state index in [1.165, 1.54) is 36.4 Å². The van der Waals surface area contributed by atoms with E-state index in [0.717, 1.165) is 38.5 Å². The van der Waals surface area contributed by atoms with E-state index >= 15 is 0 Å². The smallest absolute Gasteiger partial charge is 0.328 e. The molecule has 0 aromatic carbocycles. The third-order valence-electron chi connectivity index (χ3n) is 6.08. The number of hydrogen-bond donors (Lipinski definition) is 0. The topological polar surface area (TPSA) is 82.4 Å². The second-order valence-electron chi connectivity index (χ2n) is 7.84. The lowest BCUT2D eigenvalue weighted by molar-refractivity contribution is -0.145. The van der Waals surface area contributed by atoms with Crippen LogP contribution in [0, 0.1) is 5.92 Å². The molecule has 2 saturated carbocycles.